The zero-order chi connectivity index (χ0) is 37.5. The van der Waals surface area contributed by atoms with Gasteiger partial charge in [-0.2, -0.15) is 23.5 Å². The Morgan fingerprint density at radius 1 is 1.18 bits per heavy atom. The SMILES string of the molecule is CC(C)(C)C[C@]1(c2ccc(C#N)cc2)N/C(=N\C(=O)O)N([C@H](COC(=O)NC2(C(F)(F)F)CC2)c2ccc(Cl)c(-n3ncnc3C(F)F)c2)C1=O. The number of aromatic nitrogens is 3. The summed E-state index contributed by atoms with van der Waals surface area (Å²) in [6, 6.07) is 10.1. The number of aliphatic imine (C=N–C) groups is 1. The second-order valence-electron chi connectivity index (χ2n) is 13.2. The number of carboxylic acid groups (broad SMARTS) is 1. The fourth-order valence-corrected chi connectivity index (χ4v) is 6.10. The van der Waals surface area contributed by atoms with Crippen molar-refractivity contribution in [2.75, 3.05) is 6.61 Å². The van der Waals surface area contributed by atoms with Crippen molar-refractivity contribution in [3.63, 3.8) is 0 Å². The number of amides is 3. The van der Waals surface area contributed by atoms with E-state index in [-0.39, 0.29) is 41.1 Å². The van der Waals surface area contributed by atoms with Crippen LogP contribution < -0.4 is 10.6 Å². The Labute approximate surface area is 292 Å². The van der Waals surface area contributed by atoms with Crippen LogP contribution in [0.5, 0.6) is 0 Å². The van der Waals surface area contributed by atoms with Gasteiger partial charge in [0.25, 0.3) is 12.3 Å². The molecule has 2 aromatic carbocycles. The quantitative estimate of drug-likeness (QED) is 0.210. The molecule has 1 saturated heterocycles. The molecule has 1 aromatic heterocycles. The Morgan fingerprint density at radius 3 is 2.39 bits per heavy atom. The van der Waals surface area contributed by atoms with Crippen LogP contribution in [-0.4, -0.2) is 67.1 Å². The highest BCUT2D eigenvalue weighted by Crippen LogP contribution is 2.49. The number of guanidine groups is 1. The molecular weight excluding hydrogens is 707 g/mol. The molecule has 270 valence electrons. The Bertz CT molecular complexity index is 1920. The largest absolute Gasteiger partial charge is 0.463 e. The highest BCUT2D eigenvalue weighted by atomic mass is 35.5. The molecule has 1 saturated carbocycles. The molecule has 1 aliphatic carbocycles. The Morgan fingerprint density at radius 2 is 1.84 bits per heavy atom. The van der Waals surface area contributed by atoms with Crippen LogP contribution in [0.1, 0.15) is 75.0 Å². The molecule has 3 aromatic rings. The number of nitrogens with one attached hydrogen (secondary N) is 2. The van der Waals surface area contributed by atoms with E-state index in [0.29, 0.717) is 5.56 Å². The summed E-state index contributed by atoms with van der Waals surface area (Å²) in [6.07, 6.45) is -11.0. The number of benzene rings is 2. The molecule has 3 amide bonds. The van der Waals surface area contributed by atoms with Gasteiger partial charge in [0.1, 0.15) is 24.0 Å². The fraction of sp³-hybridized carbons (Fsp3) is 0.406. The number of nitrogens with zero attached hydrogens (tertiary/aromatic N) is 6. The van der Waals surface area contributed by atoms with E-state index < -0.39 is 71.6 Å². The molecule has 0 bridgehead atoms. The molecule has 2 heterocycles. The molecule has 2 atom stereocenters. The summed E-state index contributed by atoms with van der Waals surface area (Å²) in [6.45, 7) is 4.57. The molecule has 0 unspecified atom stereocenters. The van der Waals surface area contributed by atoms with E-state index in [1.807, 2.05) is 32.2 Å². The minimum Gasteiger partial charge on any atom is -0.463 e. The predicted molar refractivity (Wildman–Crippen MR) is 169 cm³/mol. The van der Waals surface area contributed by atoms with E-state index in [1.165, 1.54) is 42.5 Å². The van der Waals surface area contributed by atoms with Crippen molar-refractivity contribution < 1.29 is 46.2 Å². The number of hydrogen-bond acceptors (Lipinski definition) is 7. The molecule has 5 rings (SSSR count). The molecule has 13 nitrogen and oxygen atoms in total. The van der Waals surface area contributed by atoms with Gasteiger partial charge in [0.05, 0.1) is 28.4 Å². The molecule has 19 heteroatoms. The van der Waals surface area contributed by atoms with Gasteiger partial charge >= 0.3 is 18.4 Å². The number of hydrogen-bond donors (Lipinski definition) is 3. The fourth-order valence-electron chi connectivity index (χ4n) is 5.90. The Kier molecular flexibility index (Phi) is 9.73. The predicted octanol–water partition coefficient (Wildman–Crippen LogP) is 6.39. The maximum atomic E-state index is 14.9. The van der Waals surface area contributed by atoms with Crippen LogP contribution in [0.25, 0.3) is 5.69 Å². The number of alkyl halides is 5. The summed E-state index contributed by atoms with van der Waals surface area (Å²) in [5.41, 5.74) is -4.44. The maximum Gasteiger partial charge on any atom is 0.434 e. The first-order valence-corrected chi connectivity index (χ1v) is 15.6. The van der Waals surface area contributed by atoms with Gasteiger partial charge in [-0.25, -0.2) is 28.0 Å². The van der Waals surface area contributed by atoms with Crippen molar-refractivity contribution >= 4 is 35.7 Å². The molecule has 51 heavy (non-hydrogen) atoms. The summed E-state index contributed by atoms with van der Waals surface area (Å²) in [7, 11) is 0. The summed E-state index contributed by atoms with van der Waals surface area (Å²) < 4.78 is 74.5. The smallest absolute Gasteiger partial charge is 0.434 e. The average molecular weight is 737 g/mol. The van der Waals surface area contributed by atoms with Gasteiger partial charge in [0, 0.05) is 0 Å². The van der Waals surface area contributed by atoms with Crippen molar-refractivity contribution in [1.82, 2.24) is 30.3 Å². The van der Waals surface area contributed by atoms with Crippen molar-refractivity contribution in [2.24, 2.45) is 10.4 Å². The Hall–Kier alpha value is -5.31. The van der Waals surface area contributed by atoms with Gasteiger partial charge in [-0.15, -0.1) is 4.99 Å². The van der Waals surface area contributed by atoms with Crippen molar-refractivity contribution in [1.29, 1.82) is 5.26 Å². The molecule has 2 aliphatic rings. The second-order valence-corrected chi connectivity index (χ2v) is 13.6. The van der Waals surface area contributed by atoms with Crippen molar-refractivity contribution in [3.05, 3.63) is 76.3 Å². The molecular formula is C32H30ClF5N8O5. The lowest BCUT2D eigenvalue weighted by molar-refractivity contribution is -0.164. The zero-order valence-electron chi connectivity index (χ0n) is 27.1. The van der Waals surface area contributed by atoms with Crippen LogP contribution in [0, 0.1) is 16.7 Å². The minimum absolute atomic E-state index is 0.00880. The number of carbonyl (C=O) groups excluding carboxylic acids is 2. The zero-order valence-corrected chi connectivity index (χ0v) is 27.9. The number of alkyl carbamates (subject to hydrolysis) is 1. The van der Waals surface area contributed by atoms with Gasteiger partial charge in [0.2, 0.25) is 5.96 Å². The van der Waals surface area contributed by atoms with E-state index in [1.54, 1.807) is 0 Å². The van der Waals surface area contributed by atoms with Gasteiger partial charge in [0.15, 0.2) is 5.82 Å². The summed E-state index contributed by atoms with van der Waals surface area (Å²) in [5, 5.41) is 27.6. The standard InChI is InChI=1S/C32H30ClF5N8O5/c1-29(2,3)15-31(19-7-4-17(13-39)5-8-19)25(47)45(26(43-31)42-27(48)49)22(14-51-28(50)44-30(10-11-30)32(36,37)38)18-6-9-20(33)21(12-18)46-24(23(34)35)40-16-41-46/h4-9,12,16,22-23H,10-11,14-15H2,1-3H3,(H,42,43)(H,44,50)(H,48,49)/t22-,31-/m1/s1. The first kappa shape index (κ1) is 37.0. The summed E-state index contributed by atoms with van der Waals surface area (Å²) in [4.78, 5) is 47.8. The van der Waals surface area contributed by atoms with Crippen molar-refractivity contribution in [2.45, 2.75) is 69.8 Å². The third kappa shape index (κ3) is 7.43. The third-order valence-corrected chi connectivity index (χ3v) is 8.63. The van der Waals surface area contributed by atoms with E-state index in [4.69, 9.17) is 16.3 Å². The number of ether oxygens (including phenoxy) is 1. The highest BCUT2D eigenvalue weighted by molar-refractivity contribution is 6.32. The van der Waals surface area contributed by atoms with Crippen molar-refractivity contribution in [3.8, 4) is 11.8 Å². The average Bonchev–Trinajstić information content (AvgIpc) is 3.58. The van der Waals surface area contributed by atoms with E-state index >= 15 is 0 Å². The van der Waals surface area contributed by atoms with E-state index in [2.05, 4.69) is 20.4 Å². The van der Waals surface area contributed by atoms with Gasteiger partial charge in [-0.1, -0.05) is 50.6 Å². The number of carbonyl (C=O) groups is 3. The summed E-state index contributed by atoms with van der Waals surface area (Å²) >= 11 is 6.37. The van der Waals surface area contributed by atoms with Crippen LogP contribution in [-0.2, 0) is 15.1 Å². The van der Waals surface area contributed by atoms with Gasteiger partial charge in [-0.05, 0) is 60.1 Å². The maximum absolute atomic E-state index is 14.9. The molecule has 1 aliphatic heterocycles. The van der Waals surface area contributed by atoms with Crippen LogP contribution in [0.2, 0.25) is 5.02 Å². The molecule has 3 N–H and O–H groups in total. The minimum atomic E-state index is -4.78. The van der Waals surface area contributed by atoms with Crippen LogP contribution in [0.4, 0.5) is 31.5 Å². The molecule has 0 radical (unpaired) electrons. The van der Waals surface area contributed by atoms with Crippen LogP contribution in [0.15, 0.2) is 53.8 Å². The lowest BCUT2D eigenvalue weighted by atomic mass is 9.75. The van der Waals surface area contributed by atoms with Gasteiger partial charge in [-0.3, -0.25) is 9.69 Å². The third-order valence-electron chi connectivity index (χ3n) is 8.31. The Balaban J connectivity index is 1.66. The van der Waals surface area contributed by atoms with E-state index in [9.17, 15) is 46.7 Å². The van der Waals surface area contributed by atoms with Crippen LogP contribution in [0.3, 0.4) is 0 Å². The summed E-state index contributed by atoms with van der Waals surface area (Å²) in [5.74, 6) is -2.13. The normalized spacial score (nSPS) is 19.8. The lowest BCUT2D eigenvalue weighted by Crippen LogP contribution is -2.49. The van der Waals surface area contributed by atoms with E-state index in [0.717, 1.165) is 15.9 Å². The van der Waals surface area contributed by atoms with Crippen LogP contribution >= 0.6 is 11.6 Å². The number of nitriles is 1. The second kappa shape index (κ2) is 13.4. The molecule has 2 fully saturated rings. The van der Waals surface area contributed by atoms with Gasteiger partial charge < -0.3 is 20.5 Å². The topological polar surface area (TPSA) is 175 Å². The number of rotatable bonds is 9. The molecule has 0 spiro atoms. The first-order chi connectivity index (χ1) is 23.8. The number of halogens is 6. The first-order valence-electron chi connectivity index (χ1n) is 15.2. The monoisotopic (exact) mass is 736 g/mol. The lowest BCUT2D eigenvalue weighted by Gasteiger charge is -2.35. The highest BCUT2D eigenvalue weighted by Gasteiger charge is 2.65.